The van der Waals surface area contributed by atoms with Crippen LogP contribution in [-0.2, 0) is 0 Å². The highest BCUT2D eigenvalue weighted by atomic mass is 16.3. The number of nitrogens with one attached hydrogen (secondary N) is 3. The largest absolute Gasteiger partial charge is 0.508 e. The number of rotatable bonds is 8. The van der Waals surface area contributed by atoms with Crippen LogP contribution in [0, 0.1) is 0 Å². The predicted molar refractivity (Wildman–Crippen MR) is 114 cm³/mol. The molecule has 0 aliphatic heterocycles. The third kappa shape index (κ3) is 6.61. The van der Waals surface area contributed by atoms with Crippen molar-refractivity contribution >= 4 is 11.9 Å². The summed E-state index contributed by atoms with van der Waals surface area (Å²) in [5, 5.41) is 18.8. The number of phenolic OH excluding ortho intramolecular Hbond substituents is 1. The molecule has 2 rings (SSSR count). The van der Waals surface area contributed by atoms with Crippen LogP contribution < -0.4 is 16.0 Å². The summed E-state index contributed by atoms with van der Waals surface area (Å²) in [4.78, 5) is 16.6. The van der Waals surface area contributed by atoms with Crippen LogP contribution in [0.15, 0.2) is 59.6 Å². The van der Waals surface area contributed by atoms with E-state index < -0.39 is 0 Å². The van der Waals surface area contributed by atoms with Gasteiger partial charge in [-0.05, 0) is 43.7 Å². The standard InChI is InChI=1S/C22H30N4O2/c1-4-23-22(26-17(3)16(2)18-8-6-5-7-9-18)25-15-14-24-21(28)19-10-12-20(27)13-11-19/h5-13,16-17,27H,4,14-15H2,1-3H3,(H,24,28)(H2,23,25,26). The molecule has 0 aromatic heterocycles. The number of carbonyl (C=O) groups is 1. The molecule has 0 heterocycles. The molecular weight excluding hydrogens is 352 g/mol. The van der Waals surface area contributed by atoms with Gasteiger partial charge in [0.25, 0.3) is 5.91 Å². The molecule has 2 atom stereocenters. The zero-order valence-corrected chi connectivity index (χ0v) is 16.8. The Balaban J connectivity index is 1.85. The Morgan fingerprint density at radius 1 is 1.04 bits per heavy atom. The molecule has 1 amide bonds. The van der Waals surface area contributed by atoms with Gasteiger partial charge >= 0.3 is 0 Å². The number of hydrogen-bond acceptors (Lipinski definition) is 3. The molecule has 150 valence electrons. The number of phenols is 1. The molecule has 4 N–H and O–H groups in total. The highest BCUT2D eigenvalue weighted by Gasteiger charge is 2.15. The Bertz CT molecular complexity index is 760. The Morgan fingerprint density at radius 3 is 2.36 bits per heavy atom. The van der Waals surface area contributed by atoms with Crippen molar-refractivity contribution in [3.63, 3.8) is 0 Å². The summed E-state index contributed by atoms with van der Waals surface area (Å²) >= 11 is 0. The molecule has 6 nitrogen and oxygen atoms in total. The van der Waals surface area contributed by atoms with Crippen LogP contribution in [-0.4, -0.2) is 42.6 Å². The highest BCUT2D eigenvalue weighted by Crippen LogP contribution is 2.18. The SMILES string of the molecule is CCNC(=NCCNC(=O)c1ccc(O)cc1)NC(C)C(C)c1ccccc1. The van der Waals surface area contributed by atoms with E-state index in [-0.39, 0.29) is 17.7 Å². The van der Waals surface area contributed by atoms with Crippen molar-refractivity contribution in [2.75, 3.05) is 19.6 Å². The second-order valence-electron chi connectivity index (χ2n) is 6.70. The molecule has 6 heteroatoms. The number of aromatic hydroxyl groups is 1. The summed E-state index contributed by atoms with van der Waals surface area (Å²) in [6.45, 7) is 8.00. The van der Waals surface area contributed by atoms with Crippen LogP contribution in [0.25, 0.3) is 0 Å². The Kier molecular flexibility index (Phi) is 8.34. The highest BCUT2D eigenvalue weighted by molar-refractivity contribution is 5.94. The molecule has 2 aromatic carbocycles. The summed E-state index contributed by atoms with van der Waals surface area (Å²) in [6.07, 6.45) is 0. The van der Waals surface area contributed by atoms with Gasteiger partial charge in [0.15, 0.2) is 5.96 Å². The third-order valence-electron chi connectivity index (χ3n) is 4.58. The smallest absolute Gasteiger partial charge is 0.251 e. The lowest BCUT2D eigenvalue weighted by atomic mass is 9.94. The van der Waals surface area contributed by atoms with Crippen molar-refractivity contribution in [1.29, 1.82) is 0 Å². The van der Waals surface area contributed by atoms with Crippen LogP contribution in [0.3, 0.4) is 0 Å². The number of hydrogen-bond donors (Lipinski definition) is 4. The van der Waals surface area contributed by atoms with Gasteiger partial charge in [-0.1, -0.05) is 37.3 Å². The fraction of sp³-hybridized carbons (Fsp3) is 0.364. The molecule has 0 saturated heterocycles. The minimum Gasteiger partial charge on any atom is -0.508 e. The average Bonchev–Trinajstić information content (AvgIpc) is 2.71. The van der Waals surface area contributed by atoms with E-state index in [0.717, 1.165) is 12.5 Å². The minimum absolute atomic E-state index is 0.140. The molecule has 0 fully saturated rings. The van der Waals surface area contributed by atoms with Crippen molar-refractivity contribution in [2.24, 2.45) is 4.99 Å². The normalized spacial score (nSPS) is 13.5. The maximum atomic E-state index is 12.1. The van der Waals surface area contributed by atoms with Crippen LogP contribution in [0.4, 0.5) is 0 Å². The molecule has 2 unspecified atom stereocenters. The molecule has 0 saturated carbocycles. The Labute approximate surface area is 167 Å². The third-order valence-corrected chi connectivity index (χ3v) is 4.58. The lowest BCUT2D eigenvalue weighted by Gasteiger charge is -2.24. The first-order valence-electron chi connectivity index (χ1n) is 9.68. The topological polar surface area (TPSA) is 85.8 Å². The number of amides is 1. The van der Waals surface area contributed by atoms with E-state index in [2.05, 4.69) is 59.1 Å². The first-order chi connectivity index (χ1) is 13.5. The Morgan fingerprint density at radius 2 is 1.71 bits per heavy atom. The number of benzene rings is 2. The van der Waals surface area contributed by atoms with E-state index >= 15 is 0 Å². The second-order valence-corrected chi connectivity index (χ2v) is 6.70. The van der Waals surface area contributed by atoms with E-state index in [0.29, 0.717) is 24.6 Å². The van der Waals surface area contributed by atoms with E-state index in [1.807, 2.05) is 13.0 Å². The van der Waals surface area contributed by atoms with Crippen LogP contribution in [0.1, 0.15) is 42.6 Å². The maximum absolute atomic E-state index is 12.1. The van der Waals surface area contributed by atoms with Crippen molar-refractivity contribution in [1.82, 2.24) is 16.0 Å². The Hall–Kier alpha value is -3.02. The van der Waals surface area contributed by atoms with Gasteiger partial charge in [-0.15, -0.1) is 0 Å². The van der Waals surface area contributed by atoms with Crippen LogP contribution >= 0.6 is 0 Å². The zero-order valence-electron chi connectivity index (χ0n) is 16.8. The molecular formula is C22H30N4O2. The van der Waals surface area contributed by atoms with Gasteiger partial charge in [0.1, 0.15) is 5.75 Å². The first-order valence-corrected chi connectivity index (χ1v) is 9.68. The summed E-state index contributed by atoms with van der Waals surface area (Å²) < 4.78 is 0. The van der Waals surface area contributed by atoms with Gasteiger partial charge in [0, 0.05) is 30.6 Å². The average molecular weight is 383 g/mol. The van der Waals surface area contributed by atoms with Crippen LogP contribution in [0.5, 0.6) is 5.75 Å². The first kappa shape index (κ1) is 21.3. The van der Waals surface area contributed by atoms with Crippen molar-refractivity contribution in [3.8, 4) is 5.75 Å². The van der Waals surface area contributed by atoms with E-state index in [1.165, 1.54) is 17.7 Å². The molecule has 0 aliphatic rings. The van der Waals surface area contributed by atoms with E-state index in [9.17, 15) is 9.90 Å². The van der Waals surface area contributed by atoms with E-state index in [1.54, 1.807) is 12.1 Å². The molecule has 0 radical (unpaired) electrons. The van der Waals surface area contributed by atoms with Crippen molar-refractivity contribution < 1.29 is 9.90 Å². The minimum atomic E-state index is -0.181. The second kappa shape index (κ2) is 11.0. The maximum Gasteiger partial charge on any atom is 0.251 e. The molecule has 0 aliphatic carbocycles. The summed E-state index contributed by atoms with van der Waals surface area (Å²) in [5.74, 6) is 1.02. The molecule has 2 aromatic rings. The van der Waals surface area contributed by atoms with Gasteiger partial charge in [-0.3, -0.25) is 9.79 Å². The number of aliphatic imine (C=N–C) groups is 1. The van der Waals surface area contributed by atoms with E-state index in [4.69, 9.17) is 0 Å². The zero-order chi connectivity index (χ0) is 20.4. The summed E-state index contributed by atoms with van der Waals surface area (Å²) in [7, 11) is 0. The van der Waals surface area contributed by atoms with Gasteiger partial charge in [0.05, 0.1) is 6.54 Å². The fourth-order valence-corrected chi connectivity index (χ4v) is 2.76. The predicted octanol–water partition coefficient (Wildman–Crippen LogP) is 2.87. The monoisotopic (exact) mass is 382 g/mol. The number of guanidine groups is 1. The lowest BCUT2D eigenvalue weighted by Crippen LogP contribution is -2.44. The van der Waals surface area contributed by atoms with Crippen molar-refractivity contribution in [3.05, 3.63) is 65.7 Å². The number of nitrogens with zero attached hydrogens (tertiary/aromatic N) is 1. The lowest BCUT2D eigenvalue weighted by molar-refractivity contribution is 0.0955. The summed E-state index contributed by atoms with van der Waals surface area (Å²) in [6, 6.07) is 16.8. The van der Waals surface area contributed by atoms with Gasteiger partial charge in [-0.2, -0.15) is 0 Å². The molecule has 0 spiro atoms. The van der Waals surface area contributed by atoms with Crippen LogP contribution in [0.2, 0.25) is 0 Å². The van der Waals surface area contributed by atoms with Gasteiger partial charge < -0.3 is 21.1 Å². The summed E-state index contributed by atoms with van der Waals surface area (Å²) in [5.41, 5.74) is 1.79. The molecule has 28 heavy (non-hydrogen) atoms. The molecule has 0 bridgehead atoms. The van der Waals surface area contributed by atoms with Crippen molar-refractivity contribution in [2.45, 2.75) is 32.7 Å². The quantitative estimate of drug-likeness (QED) is 0.321. The fourth-order valence-electron chi connectivity index (χ4n) is 2.76. The van der Waals surface area contributed by atoms with Gasteiger partial charge in [-0.25, -0.2) is 0 Å². The number of carbonyl (C=O) groups excluding carboxylic acids is 1. The van der Waals surface area contributed by atoms with Gasteiger partial charge in [0.2, 0.25) is 0 Å².